The number of aromatic nitrogens is 1. The summed E-state index contributed by atoms with van der Waals surface area (Å²) in [6, 6.07) is 3.45. The number of hydrogen-bond donors (Lipinski definition) is 2. The summed E-state index contributed by atoms with van der Waals surface area (Å²) in [4.78, 5) is 4.10. The van der Waals surface area contributed by atoms with Gasteiger partial charge in [0, 0.05) is 24.5 Å². The van der Waals surface area contributed by atoms with Crippen LogP contribution in [0.1, 0.15) is 6.42 Å². The summed E-state index contributed by atoms with van der Waals surface area (Å²) in [5, 5.41) is 3.11. The summed E-state index contributed by atoms with van der Waals surface area (Å²) in [6.07, 6.45) is 2.36. The number of nitrogens with one attached hydrogen (secondary N) is 1. The van der Waals surface area contributed by atoms with Gasteiger partial charge in [-0.2, -0.15) is 0 Å². The number of sulfone groups is 1. The fourth-order valence-electron chi connectivity index (χ4n) is 1.83. The molecule has 2 rings (SSSR count). The molecule has 0 aromatic carbocycles. The predicted octanol–water partition coefficient (Wildman–Crippen LogP) is 0.510. The van der Waals surface area contributed by atoms with E-state index in [1.54, 1.807) is 18.3 Å². The van der Waals surface area contributed by atoms with E-state index >= 15 is 0 Å². The van der Waals surface area contributed by atoms with Crippen molar-refractivity contribution in [1.29, 1.82) is 0 Å². The lowest BCUT2D eigenvalue weighted by Gasteiger charge is -2.10. The first-order chi connectivity index (χ1) is 7.55. The van der Waals surface area contributed by atoms with Gasteiger partial charge in [0.15, 0.2) is 9.84 Å². The van der Waals surface area contributed by atoms with Crippen LogP contribution in [-0.2, 0) is 9.84 Å². The smallest absolute Gasteiger partial charge is 0.150 e. The zero-order chi connectivity index (χ0) is 11.6. The second kappa shape index (κ2) is 4.29. The van der Waals surface area contributed by atoms with E-state index in [4.69, 9.17) is 5.73 Å². The molecule has 1 atom stereocenters. The third-order valence-corrected chi connectivity index (χ3v) is 4.52. The van der Waals surface area contributed by atoms with Gasteiger partial charge in [-0.25, -0.2) is 13.4 Å². The molecular weight excluding hydrogens is 226 g/mol. The predicted molar refractivity (Wildman–Crippen MR) is 63.9 cm³/mol. The van der Waals surface area contributed by atoms with Gasteiger partial charge in [-0.05, 0) is 18.4 Å². The van der Waals surface area contributed by atoms with Crippen LogP contribution >= 0.6 is 0 Å². The largest absolute Gasteiger partial charge is 0.399 e. The van der Waals surface area contributed by atoms with E-state index in [1.165, 1.54) is 0 Å². The van der Waals surface area contributed by atoms with Crippen molar-refractivity contribution in [3.63, 3.8) is 0 Å². The van der Waals surface area contributed by atoms with Gasteiger partial charge in [-0.15, -0.1) is 0 Å². The first-order valence-corrected chi connectivity index (χ1v) is 7.03. The third kappa shape index (κ3) is 2.85. The van der Waals surface area contributed by atoms with Crippen molar-refractivity contribution >= 4 is 21.3 Å². The molecule has 0 saturated carbocycles. The Morgan fingerprint density at radius 1 is 1.56 bits per heavy atom. The zero-order valence-electron chi connectivity index (χ0n) is 8.89. The van der Waals surface area contributed by atoms with Crippen molar-refractivity contribution in [2.75, 3.05) is 29.1 Å². The van der Waals surface area contributed by atoms with Crippen molar-refractivity contribution in [3.8, 4) is 0 Å². The van der Waals surface area contributed by atoms with Crippen LogP contribution in [0.15, 0.2) is 18.3 Å². The molecule has 2 heterocycles. The van der Waals surface area contributed by atoms with Crippen LogP contribution in [-0.4, -0.2) is 31.5 Å². The Kier molecular flexibility index (Phi) is 3.00. The molecule has 0 radical (unpaired) electrons. The van der Waals surface area contributed by atoms with Crippen molar-refractivity contribution in [2.45, 2.75) is 6.42 Å². The van der Waals surface area contributed by atoms with Gasteiger partial charge < -0.3 is 11.1 Å². The Bertz CT molecular complexity index is 473. The molecule has 1 aromatic rings. The monoisotopic (exact) mass is 241 g/mol. The third-order valence-electron chi connectivity index (χ3n) is 2.68. The van der Waals surface area contributed by atoms with Gasteiger partial charge in [-0.3, -0.25) is 0 Å². The van der Waals surface area contributed by atoms with E-state index in [9.17, 15) is 8.42 Å². The van der Waals surface area contributed by atoms with Gasteiger partial charge in [0.1, 0.15) is 5.82 Å². The maximum absolute atomic E-state index is 11.2. The molecule has 0 amide bonds. The van der Waals surface area contributed by atoms with Crippen LogP contribution in [0.5, 0.6) is 0 Å². The lowest BCUT2D eigenvalue weighted by atomic mass is 10.1. The van der Waals surface area contributed by atoms with Crippen LogP contribution in [0.25, 0.3) is 0 Å². The van der Waals surface area contributed by atoms with Gasteiger partial charge in [0.2, 0.25) is 0 Å². The maximum atomic E-state index is 11.2. The van der Waals surface area contributed by atoms with Crippen LogP contribution in [0, 0.1) is 5.92 Å². The minimum atomic E-state index is -2.79. The minimum absolute atomic E-state index is 0.188. The second-order valence-corrected chi connectivity index (χ2v) is 6.35. The van der Waals surface area contributed by atoms with E-state index in [2.05, 4.69) is 10.3 Å². The molecule has 1 fully saturated rings. The van der Waals surface area contributed by atoms with Gasteiger partial charge in [0.05, 0.1) is 11.5 Å². The standard InChI is InChI=1S/C10H15N3O2S/c11-9-1-3-12-10(5-9)13-6-8-2-4-16(14,15)7-8/h1,3,5,8H,2,4,6-7H2,(H3,11,12,13). The van der Waals surface area contributed by atoms with Crippen molar-refractivity contribution in [1.82, 2.24) is 4.98 Å². The lowest BCUT2D eigenvalue weighted by molar-refractivity contribution is 0.595. The molecule has 88 valence electrons. The van der Waals surface area contributed by atoms with E-state index in [0.29, 0.717) is 23.8 Å². The van der Waals surface area contributed by atoms with Crippen LogP contribution in [0.4, 0.5) is 11.5 Å². The van der Waals surface area contributed by atoms with Gasteiger partial charge in [-0.1, -0.05) is 0 Å². The minimum Gasteiger partial charge on any atom is -0.399 e. The Morgan fingerprint density at radius 3 is 3.00 bits per heavy atom. The molecule has 0 aliphatic carbocycles. The molecule has 0 spiro atoms. The molecule has 0 bridgehead atoms. The highest BCUT2D eigenvalue weighted by Crippen LogP contribution is 2.19. The van der Waals surface area contributed by atoms with Crippen LogP contribution in [0.3, 0.4) is 0 Å². The number of rotatable bonds is 3. The molecule has 1 aromatic heterocycles. The number of pyridine rings is 1. The summed E-state index contributed by atoms with van der Waals surface area (Å²) in [6.45, 7) is 0.635. The van der Waals surface area contributed by atoms with Crippen LogP contribution < -0.4 is 11.1 Å². The molecule has 1 unspecified atom stereocenters. The zero-order valence-corrected chi connectivity index (χ0v) is 9.70. The number of nitrogen functional groups attached to an aromatic ring is 1. The summed E-state index contributed by atoms with van der Waals surface area (Å²) in [5.74, 6) is 1.48. The van der Waals surface area contributed by atoms with Crippen molar-refractivity contribution in [3.05, 3.63) is 18.3 Å². The molecule has 5 nitrogen and oxygen atoms in total. The molecule has 3 N–H and O–H groups in total. The average molecular weight is 241 g/mol. The molecule has 16 heavy (non-hydrogen) atoms. The molecule has 1 aliphatic heterocycles. The maximum Gasteiger partial charge on any atom is 0.150 e. The van der Waals surface area contributed by atoms with Crippen molar-refractivity contribution < 1.29 is 8.42 Å². The fourth-order valence-corrected chi connectivity index (χ4v) is 3.69. The molecular formula is C10H15N3O2S. The second-order valence-electron chi connectivity index (χ2n) is 4.12. The summed E-state index contributed by atoms with van der Waals surface area (Å²) in [7, 11) is -2.79. The SMILES string of the molecule is Nc1ccnc(NCC2CCS(=O)(=O)C2)c1. The number of nitrogens with zero attached hydrogens (tertiary/aromatic N) is 1. The quantitative estimate of drug-likeness (QED) is 0.805. The summed E-state index contributed by atoms with van der Waals surface area (Å²) < 4.78 is 22.5. The highest BCUT2D eigenvalue weighted by atomic mass is 32.2. The Morgan fingerprint density at radius 2 is 2.38 bits per heavy atom. The Labute approximate surface area is 95.0 Å². The fraction of sp³-hybridized carbons (Fsp3) is 0.500. The molecule has 6 heteroatoms. The lowest BCUT2D eigenvalue weighted by Crippen LogP contribution is -2.16. The highest BCUT2D eigenvalue weighted by molar-refractivity contribution is 7.91. The topological polar surface area (TPSA) is 85.1 Å². The highest BCUT2D eigenvalue weighted by Gasteiger charge is 2.27. The summed E-state index contributed by atoms with van der Waals surface area (Å²) in [5.41, 5.74) is 6.26. The molecule has 1 aliphatic rings. The van der Waals surface area contributed by atoms with E-state index in [1.807, 2.05) is 0 Å². The Hall–Kier alpha value is -1.30. The number of nitrogens with two attached hydrogens (primary N) is 1. The molecule has 1 saturated heterocycles. The van der Waals surface area contributed by atoms with E-state index in [0.717, 1.165) is 6.42 Å². The number of hydrogen-bond acceptors (Lipinski definition) is 5. The van der Waals surface area contributed by atoms with Gasteiger partial charge >= 0.3 is 0 Å². The first-order valence-electron chi connectivity index (χ1n) is 5.21. The normalized spacial score (nSPS) is 23.1. The van der Waals surface area contributed by atoms with Crippen molar-refractivity contribution in [2.24, 2.45) is 5.92 Å². The van der Waals surface area contributed by atoms with Crippen LogP contribution in [0.2, 0.25) is 0 Å². The average Bonchev–Trinajstić information content (AvgIpc) is 2.56. The van der Waals surface area contributed by atoms with Gasteiger partial charge in [0.25, 0.3) is 0 Å². The van der Waals surface area contributed by atoms with E-state index < -0.39 is 9.84 Å². The summed E-state index contributed by atoms with van der Waals surface area (Å²) >= 11 is 0. The Balaban J connectivity index is 1.89. The first kappa shape index (κ1) is 11.2. The van der Waals surface area contributed by atoms with E-state index in [-0.39, 0.29) is 11.7 Å². The number of anilines is 2.